The Balaban J connectivity index is 1.93. The van der Waals surface area contributed by atoms with Crippen molar-refractivity contribution in [1.29, 1.82) is 0 Å². The van der Waals surface area contributed by atoms with Gasteiger partial charge in [0, 0.05) is 12.8 Å². The van der Waals surface area contributed by atoms with Gasteiger partial charge in [-0.1, -0.05) is 0 Å². The number of alkyl halides is 3. The van der Waals surface area contributed by atoms with E-state index in [1.165, 1.54) is 12.8 Å². The van der Waals surface area contributed by atoms with E-state index < -0.39 is 12.6 Å². The molecule has 0 aromatic heterocycles. The fraction of sp³-hybridized carbons (Fsp3) is 0.900. The van der Waals surface area contributed by atoms with Crippen LogP contribution in [-0.4, -0.2) is 25.0 Å². The molecule has 1 rings (SSSR count). The van der Waals surface area contributed by atoms with Crippen LogP contribution in [0.2, 0.25) is 0 Å². The fourth-order valence-electron chi connectivity index (χ4n) is 1.31. The summed E-state index contributed by atoms with van der Waals surface area (Å²) in [5.41, 5.74) is 0. The highest BCUT2D eigenvalue weighted by molar-refractivity contribution is 5.80. The Morgan fingerprint density at radius 2 is 2.00 bits per heavy atom. The van der Waals surface area contributed by atoms with E-state index >= 15 is 0 Å². The molecule has 1 N–H and O–H groups in total. The zero-order valence-corrected chi connectivity index (χ0v) is 8.57. The first-order valence-corrected chi connectivity index (χ1v) is 5.26. The number of carbonyl (C=O) groups excluding carboxylic acids is 1. The molecule has 5 heteroatoms. The first-order valence-electron chi connectivity index (χ1n) is 5.26. The fourth-order valence-corrected chi connectivity index (χ4v) is 1.31. The second kappa shape index (κ2) is 5.49. The van der Waals surface area contributed by atoms with Gasteiger partial charge in [-0.05, 0) is 31.7 Å². The average Bonchev–Trinajstić information content (AvgIpc) is 2.85. The van der Waals surface area contributed by atoms with E-state index in [1.807, 2.05) is 0 Å². The van der Waals surface area contributed by atoms with Crippen molar-refractivity contribution in [3.8, 4) is 0 Å². The highest BCUT2D eigenvalue weighted by Crippen LogP contribution is 2.27. The van der Waals surface area contributed by atoms with E-state index in [-0.39, 0.29) is 25.2 Å². The first kappa shape index (κ1) is 12.5. The van der Waals surface area contributed by atoms with Gasteiger partial charge in [0.1, 0.15) is 5.78 Å². The topological polar surface area (TPSA) is 29.1 Å². The molecule has 1 saturated carbocycles. The molecular weight excluding hydrogens is 207 g/mol. The van der Waals surface area contributed by atoms with Gasteiger partial charge in [-0.15, -0.1) is 0 Å². The highest BCUT2D eigenvalue weighted by Gasteiger charge is 2.26. The Bertz CT molecular complexity index is 211. The lowest BCUT2D eigenvalue weighted by atomic mass is 10.1. The highest BCUT2D eigenvalue weighted by atomic mass is 19.4. The Labute approximate surface area is 87.2 Å². The molecule has 0 heterocycles. The zero-order valence-electron chi connectivity index (χ0n) is 8.57. The molecule has 0 aliphatic heterocycles. The second-order valence-corrected chi connectivity index (χ2v) is 4.08. The van der Waals surface area contributed by atoms with Crippen LogP contribution >= 0.6 is 0 Å². The molecule has 0 amide bonds. The van der Waals surface area contributed by atoms with Crippen molar-refractivity contribution in [2.75, 3.05) is 13.1 Å². The number of carbonyl (C=O) groups is 1. The zero-order chi connectivity index (χ0) is 11.3. The summed E-state index contributed by atoms with van der Waals surface area (Å²) in [5.74, 6) is 0.563. The van der Waals surface area contributed by atoms with Crippen LogP contribution in [0.5, 0.6) is 0 Å². The number of nitrogens with one attached hydrogen (secondary N) is 1. The van der Waals surface area contributed by atoms with Gasteiger partial charge in [0.2, 0.25) is 0 Å². The molecule has 0 atom stereocenters. The van der Waals surface area contributed by atoms with E-state index in [2.05, 4.69) is 5.32 Å². The molecule has 1 aliphatic carbocycles. The van der Waals surface area contributed by atoms with Gasteiger partial charge in [0.05, 0.1) is 6.54 Å². The summed E-state index contributed by atoms with van der Waals surface area (Å²) in [6, 6.07) is 0. The van der Waals surface area contributed by atoms with E-state index in [0.29, 0.717) is 5.92 Å². The van der Waals surface area contributed by atoms with Crippen molar-refractivity contribution in [2.24, 2.45) is 5.92 Å². The Hall–Kier alpha value is -0.580. The van der Waals surface area contributed by atoms with Crippen molar-refractivity contribution in [3.05, 3.63) is 0 Å². The van der Waals surface area contributed by atoms with Gasteiger partial charge in [-0.3, -0.25) is 4.79 Å². The molecule has 0 saturated heterocycles. The number of Topliss-reactive ketones (excluding diaryl/α,β-unsaturated/α-hetero) is 1. The number of hydrogen-bond acceptors (Lipinski definition) is 2. The number of ketones is 1. The lowest BCUT2D eigenvalue weighted by molar-refractivity contribution is -0.137. The third-order valence-corrected chi connectivity index (χ3v) is 2.37. The maximum atomic E-state index is 11.7. The van der Waals surface area contributed by atoms with Crippen molar-refractivity contribution in [1.82, 2.24) is 5.32 Å². The van der Waals surface area contributed by atoms with Gasteiger partial charge in [-0.25, -0.2) is 0 Å². The lowest BCUT2D eigenvalue weighted by Gasteiger charge is -2.05. The lowest BCUT2D eigenvalue weighted by Crippen LogP contribution is -2.25. The maximum absolute atomic E-state index is 11.7. The summed E-state index contributed by atoms with van der Waals surface area (Å²) >= 11 is 0. The van der Waals surface area contributed by atoms with Gasteiger partial charge in [0.15, 0.2) is 0 Å². The molecule has 88 valence electrons. The number of rotatable bonds is 7. The van der Waals surface area contributed by atoms with Crippen molar-refractivity contribution in [2.45, 2.75) is 38.3 Å². The molecule has 1 aliphatic rings. The van der Waals surface area contributed by atoms with Crippen LogP contribution in [0.1, 0.15) is 32.1 Å². The smallest absolute Gasteiger partial charge is 0.310 e. The van der Waals surface area contributed by atoms with Gasteiger partial charge in [-0.2, -0.15) is 13.2 Å². The summed E-state index contributed by atoms with van der Waals surface area (Å²) in [7, 11) is 0. The van der Waals surface area contributed by atoms with Gasteiger partial charge in [0.25, 0.3) is 0 Å². The van der Waals surface area contributed by atoms with E-state index in [0.717, 1.165) is 6.54 Å². The van der Waals surface area contributed by atoms with Crippen LogP contribution in [-0.2, 0) is 4.79 Å². The van der Waals surface area contributed by atoms with Crippen molar-refractivity contribution >= 4 is 5.78 Å². The molecule has 0 radical (unpaired) electrons. The minimum absolute atomic E-state index is 0.0250. The number of halogens is 3. The summed E-state index contributed by atoms with van der Waals surface area (Å²) in [4.78, 5) is 11.1. The van der Waals surface area contributed by atoms with E-state index in [1.54, 1.807) is 0 Å². The number of hydrogen-bond donors (Lipinski definition) is 1. The summed E-state index contributed by atoms with van der Waals surface area (Å²) in [6.07, 6.45) is -2.65. The van der Waals surface area contributed by atoms with E-state index in [9.17, 15) is 18.0 Å². The van der Waals surface area contributed by atoms with E-state index in [4.69, 9.17) is 0 Å². The summed E-state index contributed by atoms with van der Waals surface area (Å²) in [6.45, 7) is 1.04. The largest absolute Gasteiger partial charge is 0.389 e. The maximum Gasteiger partial charge on any atom is 0.389 e. The Kier molecular flexibility index (Phi) is 4.57. The molecule has 0 spiro atoms. The predicted molar refractivity (Wildman–Crippen MR) is 50.5 cm³/mol. The molecule has 1 fully saturated rings. The third-order valence-electron chi connectivity index (χ3n) is 2.37. The molecule has 0 aromatic rings. The Morgan fingerprint density at radius 3 is 2.53 bits per heavy atom. The third kappa shape index (κ3) is 7.36. The molecular formula is C10H16F3NO. The summed E-state index contributed by atoms with van der Waals surface area (Å²) in [5, 5.41) is 2.96. The quantitative estimate of drug-likeness (QED) is 0.717. The van der Waals surface area contributed by atoms with Crippen LogP contribution in [0.15, 0.2) is 0 Å². The normalized spacial score (nSPS) is 16.7. The molecule has 0 bridgehead atoms. The summed E-state index contributed by atoms with van der Waals surface area (Å²) < 4.78 is 35.2. The monoisotopic (exact) mass is 223 g/mol. The van der Waals surface area contributed by atoms with Crippen molar-refractivity contribution in [3.63, 3.8) is 0 Å². The second-order valence-electron chi connectivity index (χ2n) is 4.08. The minimum atomic E-state index is -4.14. The standard InChI is InChI=1S/C10H16F3NO/c11-10(12,13)5-1-2-9(15)7-14-6-8-3-4-8/h8,14H,1-7H2. The van der Waals surface area contributed by atoms with Crippen molar-refractivity contribution < 1.29 is 18.0 Å². The Morgan fingerprint density at radius 1 is 1.33 bits per heavy atom. The molecule has 0 unspecified atom stereocenters. The molecule has 2 nitrogen and oxygen atoms in total. The minimum Gasteiger partial charge on any atom is -0.310 e. The van der Waals surface area contributed by atoms with Crippen LogP contribution in [0, 0.1) is 5.92 Å². The van der Waals surface area contributed by atoms with Crippen LogP contribution in [0.4, 0.5) is 13.2 Å². The molecule has 15 heavy (non-hydrogen) atoms. The van der Waals surface area contributed by atoms with Crippen LogP contribution in [0.25, 0.3) is 0 Å². The van der Waals surface area contributed by atoms with Gasteiger partial charge >= 0.3 is 6.18 Å². The molecule has 0 aromatic carbocycles. The first-order chi connectivity index (χ1) is 6.97. The SMILES string of the molecule is O=C(CCCC(F)(F)F)CNCC1CC1. The van der Waals surface area contributed by atoms with Crippen LogP contribution < -0.4 is 5.32 Å². The van der Waals surface area contributed by atoms with Crippen LogP contribution in [0.3, 0.4) is 0 Å². The van der Waals surface area contributed by atoms with Gasteiger partial charge < -0.3 is 5.32 Å². The average molecular weight is 223 g/mol. The predicted octanol–water partition coefficient (Wildman–Crippen LogP) is 2.29.